The number of benzene rings is 2. The minimum absolute atomic E-state index is 0.227. The molecule has 1 aliphatic heterocycles. The average Bonchev–Trinajstić information content (AvgIpc) is 2.81. The Balaban J connectivity index is 1.65. The van der Waals surface area contributed by atoms with Gasteiger partial charge < -0.3 is 14.8 Å². The number of nitrogens with zero attached hydrogens (tertiary/aromatic N) is 1. The second-order valence-electron chi connectivity index (χ2n) is 8.13. The van der Waals surface area contributed by atoms with Gasteiger partial charge in [0.15, 0.2) is 11.5 Å². The molecule has 2 aromatic rings. The zero-order valence-electron chi connectivity index (χ0n) is 19.7. The number of carbonyl (C=O) groups excluding carboxylic acids is 1. The van der Waals surface area contributed by atoms with Crippen LogP contribution in [0, 0.1) is 6.92 Å². The Bertz CT molecular complexity index is 1040. The Hall–Kier alpha value is -2.58. The number of hydrogen-bond acceptors (Lipinski definition) is 5. The standard InChI is InChI=1S/C25H34N2O5S/c1-4-31-23-14-11-20(18-24(23)32-5-2)15-16-26-25(28)22-8-6-7-17-27(22)33(29,30)21-12-9-19(3)10-13-21/h9-14,18,22H,4-8,15-17H2,1-3H3,(H,26,28). The van der Waals surface area contributed by atoms with E-state index in [4.69, 9.17) is 9.47 Å². The summed E-state index contributed by atoms with van der Waals surface area (Å²) in [6, 6.07) is 11.8. The fourth-order valence-electron chi connectivity index (χ4n) is 4.00. The molecule has 2 aromatic carbocycles. The molecule has 1 heterocycles. The summed E-state index contributed by atoms with van der Waals surface area (Å²) in [6.07, 6.45) is 2.71. The van der Waals surface area contributed by atoms with E-state index in [1.165, 1.54) is 4.31 Å². The molecule has 1 amide bonds. The molecule has 33 heavy (non-hydrogen) atoms. The fourth-order valence-corrected chi connectivity index (χ4v) is 5.66. The van der Waals surface area contributed by atoms with Crippen LogP contribution in [0.15, 0.2) is 47.4 Å². The molecule has 0 radical (unpaired) electrons. The van der Waals surface area contributed by atoms with E-state index < -0.39 is 16.1 Å². The molecule has 3 rings (SSSR count). The van der Waals surface area contributed by atoms with Crippen LogP contribution in [0.2, 0.25) is 0 Å². The van der Waals surface area contributed by atoms with Crippen molar-refractivity contribution in [2.45, 2.75) is 57.4 Å². The molecule has 7 nitrogen and oxygen atoms in total. The van der Waals surface area contributed by atoms with Crippen LogP contribution in [0.25, 0.3) is 0 Å². The van der Waals surface area contributed by atoms with Gasteiger partial charge in [-0.3, -0.25) is 4.79 Å². The first-order valence-electron chi connectivity index (χ1n) is 11.6. The van der Waals surface area contributed by atoms with Gasteiger partial charge in [0.1, 0.15) is 6.04 Å². The van der Waals surface area contributed by atoms with Crippen molar-refractivity contribution in [2.24, 2.45) is 0 Å². The van der Waals surface area contributed by atoms with Crippen molar-refractivity contribution in [3.05, 3.63) is 53.6 Å². The molecule has 1 fully saturated rings. The summed E-state index contributed by atoms with van der Waals surface area (Å²) in [5.74, 6) is 1.14. The zero-order chi connectivity index (χ0) is 23.8. The lowest BCUT2D eigenvalue weighted by atomic mass is 10.0. The maximum absolute atomic E-state index is 13.2. The van der Waals surface area contributed by atoms with Crippen LogP contribution in [0.1, 0.15) is 44.2 Å². The largest absolute Gasteiger partial charge is 0.490 e. The SMILES string of the molecule is CCOc1ccc(CCNC(=O)C2CCCCN2S(=O)(=O)c2ccc(C)cc2)cc1OCC. The number of nitrogens with one attached hydrogen (secondary N) is 1. The third-order valence-corrected chi connectivity index (χ3v) is 7.63. The normalized spacial score (nSPS) is 16.9. The first-order valence-corrected chi connectivity index (χ1v) is 13.1. The molecule has 1 N–H and O–H groups in total. The highest BCUT2D eigenvalue weighted by molar-refractivity contribution is 7.89. The van der Waals surface area contributed by atoms with Crippen LogP contribution in [0.5, 0.6) is 11.5 Å². The highest BCUT2D eigenvalue weighted by Crippen LogP contribution is 2.29. The van der Waals surface area contributed by atoms with Gasteiger partial charge in [0, 0.05) is 13.1 Å². The van der Waals surface area contributed by atoms with E-state index in [1.54, 1.807) is 24.3 Å². The maximum atomic E-state index is 13.2. The molecule has 1 unspecified atom stereocenters. The second-order valence-corrected chi connectivity index (χ2v) is 10.0. The summed E-state index contributed by atoms with van der Waals surface area (Å²) in [5.41, 5.74) is 2.00. The number of hydrogen-bond donors (Lipinski definition) is 1. The number of aryl methyl sites for hydroxylation is 1. The van der Waals surface area contributed by atoms with Crippen LogP contribution in [-0.4, -0.2) is 51.0 Å². The fraction of sp³-hybridized carbons (Fsp3) is 0.480. The molecule has 0 aliphatic carbocycles. The monoisotopic (exact) mass is 474 g/mol. The number of rotatable bonds is 10. The van der Waals surface area contributed by atoms with Gasteiger partial charge >= 0.3 is 0 Å². The van der Waals surface area contributed by atoms with Gasteiger partial charge in [0.2, 0.25) is 15.9 Å². The summed E-state index contributed by atoms with van der Waals surface area (Å²) < 4.78 is 39.1. The van der Waals surface area contributed by atoms with Gasteiger partial charge in [-0.1, -0.05) is 30.2 Å². The third kappa shape index (κ3) is 6.26. The van der Waals surface area contributed by atoms with Crippen molar-refractivity contribution in [1.29, 1.82) is 0 Å². The topological polar surface area (TPSA) is 84.9 Å². The van der Waals surface area contributed by atoms with Gasteiger partial charge in [-0.05, 0) is 69.9 Å². The van der Waals surface area contributed by atoms with E-state index in [1.807, 2.05) is 39.0 Å². The van der Waals surface area contributed by atoms with Crippen molar-refractivity contribution < 1.29 is 22.7 Å². The van der Waals surface area contributed by atoms with Crippen molar-refractivity contribution in [1.82, 2.24) is 9.62 Å². The molecule has 1 saturated heterocycles. The maximum Gasteiger partial charge on any atom is 0.243 e. The highest BCUT2D eigenvalue weighted by atomic mass is 32.2. The predicted molar refractivity (Wildman–Crippen MR) is 128 cm³/mol. The van der Waals surface area contributed by atoms with E-state index in [2.05, 4.69) is 5.32 Å². The molecule has 1 aliphatic rings. The van der Waals surface area contributed by atoms with Crippen LogP contribution in [0.4, 0.5) is 0 Å². The summed E-state index contributed by atoms with van der Waals surface area (Å²) in [6.45, 7) is 7.61. The predicted octanol–water partition coefficient (Wildman–Crippen LogP) is 3.69. The number of amides is 1. The van der Waals surface area contributed by atoms with Gasteiger partial charge in [-0.15, -0.1) is 0 Å². The van der Waals surface area contributed by atoms with Gasteiger partial charge in [-0.2, -0.15) is 4.31 Å². The van der Waals surface area contributed by atoms with E-state index >= 15 is 0 Å². The summed E-state index contributed by atoms with van der Waals surface area (Å²) >= 11 is 0. The lowest BCUT2D eigenvalue weighted by molar-refractivity contribution is -0.125. The highest BCUT2D eigenvalue weighted by Gasteiger charge is 2.37. The molecular formula is C25H34N2O5S. The van der Waals surface area contributed by atoms with E-state index in [9.17, 15) is 13.2 Å². The molecule has 0 bridgehead atoms. The van der Waals surface area contributed by atoms with E-state index in [0.29, 0.717) is 50.6 Å². The van der Waals surface area contributed by atoms with Crippen LogP contribution >= 0.6 is 0 Å². The minimum Gasteiger partial charge on any atom is -0.490 e. The van der Waals surface area contributed by atoms with Crippen LogP contribution in [0.3, 0.4) is 0 Å². The Kier molecular flexibility index (Phi) is 8.74. The van der Waals surface area contributed by atoms with Crippen LogP contribution in [-0.2, 0) is 21.2 Å². The average molecular weight is 475 g/mol. The van der Waals surface area contributed by atoms with E-state index in [-0.39, 0.29) is 10.8 Å². The molecule has 0 saturated carbocycles. The number of ether oxygens (including phenoxy) is 2. The minimum atomic E-state index is -3.73. The summed E-state index contributed by atoms with van der Waals surface area (Å²) in [4.78, 5) is 13.2. The van der Waals surface area contributed by atoms with Crippen molar-refractivity contribution in [2.75, 3.05) is 26.3 Å². The lowest BCUT2D eigenvalue weighted by Crippen LogP contribution is -2.52. The number of sulfonamides is 1. The Morgan fingerprint density at radius 3 is 2.42 bits per heavy atom. The Labute approximate surface area is 197 Å². The smallest absolute Gasteiger partial charge is 0.243 e. The third-order valence-electron chi connectivity index (χ3n) is 5.70. The summed E-state index contributed by atoms with van der Waals surface area (Å²) in [5, 5.41) is 2.94. The molecular weight excluding hydrogens is 440 g/mol. The second kappa shape index (κ2) is 11.5. The molecule has 0 spiro atoms. The number of piperidine rings is 1. The molecule has 8 heteroatoms. The van der Waals surface area contributed by atoms with E-state index in [0.717, 1.165) is 24.0 Å². The lowest BCUT2D eigenvalue weighted by Gasteiger charge is -2.33. The van der Waals surface area contributed by atoms with Crippen molar-refractivity contribution in [3.63, 3.8) is 0 Å². The molecule has 180 valence electrons. The Morgan fingerprint density at radius 2 is 1.73 bits per heavy atom. The zero-order valence-corrected chi connectivity index (χ0v) is 20.5. The van der Waals surface area contributed by atoms with Gasteiger partial charge in [0.25, 0.3) is 0 Å². The molecule has 1 atom stereocenters. The summed E-state index contributed by atoms with van der Waals surface area (Å²) in [7, 11) is -3.73. The quantitative estimate of drug-likeness (QED) is 0.568. The number of carbonyl (C=O) groups is 1. The van der Waals surface area contributed by atoms with Gasteiger partial charge in [0.05, 0.1) is 18.1 Å². The first-order chi connectivity index (χ1) is 15.9. The first kappa shape index (κ1) is 25.1. The van der Waals surface area contributed by atoms with Crippen molar-refractivity contribution >= 4 is 15.9 Å². The Morgan fingerprint density at radius 1 is 1.03 bits per heavy atom. The van der Waals surface area contributed by atoms with Crippen LogP contribution < -0.4 is 14.8 Å². The molecule has 0 aromatic heterocycles. The van der Waals surface area contributed by atoms with Gasteiger partial charge in [-0.25, -0.2) is 8.42 Å². The van der Waals surface area contributed by atoms with Crippen molar-refractivity contribution in [3.8, 4) is 11.5 Å².